The fourth-order valence-corrected chi connectivity index (χ4v) is 13.5. The highest BCUT2D eigenvalue weighted by Gasteiger charge is 2.44. The number of rotatable bonds is 10. The number of anilines is 6. The van der Waals surface area contributed by atoms with Crippen molar-refractivity contribution in [3.63, 3.8) is 0 Å². The van der Waals surface area contributed by atoms with Gasteiger partial charge >= 0.3 is 0 Å². The number of aryl methyl sites for hydroxylation is 1. The van der Waals surface area contributed by atoms with Crippen molar-refractivity contribution in [2.75, 3.05) is 9.80 Å². The van der Waals surface area contributed by atoms with Crippen LogP contribution in [-0.2, 0) is 0 Å². The highest BCUT2D eigenvalue weighted by molar-refractivity contribution is 7.00. The molecular formula is C80H53BN8. The molecule has 8 nitrogen and oxygen atoms in total. The third-order valence-electron chi connectivity index (χ3n) is 17.5. The summed E-state index contributed by atoms with van der Waals surface area (Å²) in [5.74, 6) is 2.21. The normalized spacial score (nSPS) is 12.3. The Morgan fingerprint density at radius 3 is 1.40 bits per heavy atom. The number of hydrogen-bond acceptors (Lipinski definition) is 7. The van der Waals surface area contributed by atoms with Gasteiger partial charge in [0.2, 0.25) is 0 Å². The predicted molar refractivity (Wildman–Crippen MR) is 367 cm³/mol. The second-order valence-corrected chi connectivity index (χ2v) is 22.8. The average molecular weight is 1140 g/mol. The highest BCUT2D eigenvalue weighted by atomic mass is 15.2. The molecular weight excluding hydrogens is 1080 g/mol. The van der Waals surface area contributed by atoms with Crippen molar-refractivity contribution in [1.82, 2.24) is 29.5 Å². The minimum atomic E-state index is -0.0214. The summed E-state index contributed by atoms with van der Waals surface area (Å²) in [4.78, 5) is 32.0. The second kappa shape index (κ2) is 21.3. The summed E-state index contributed by atoms with van der Waals surface area (Å²) in [5.41, 5.74) is 24.1. The van der Waals surface area contributed by atoms with Gasteiger partial charge in [-0.25, -0.2) is 24.9 Å². The molecule has 0 saturated carbocycles. The molecule has 15 aromatic rings. The van der Waals surface area contributed by atoms with Gasteiger partial charge in [0.25, 0.3) is 6.71 Å². The first kappa shape index (κ1) is 51.6. The van der Waals surface area contributed by atoms with E-state index < -0.39 is 0 Å². The van der Waals surface area contributed by atoms with Gasteiger partial charge in [-0.15, -0.1) is 0 Å². The van der Waals surface area contributed by atoms with E-state index in [1.165, 1.54) is 33.0 Å². The van der Waals surface area contributed by atoms with E-state index >= 15 is 0 Å². The number of aromatic nitrogens is 6. The monoisotopic (exact) mass is 1140 g/mol. The van der Waals surface area contributed by atoms with Crippen LogP contribution >= 0.6 is 0 Å². The van der Waals surface area contributed by atoms with Gasteiger partial charge < -0.3 is 14.4 Å². The molecule has 0 atom stereocenters. The molecule has 0 N–H and O–H groups in total. The van der Waals surface area contributed by atoms with Gasteiger partial charge in [-0.3, -0.25) is 0 Å². The Bertz CT molecular complexity index is 5140. The van der Waals surface area contributed by atoms with Crippen LogP contribution in [0.5, 0.6) is 0 Å². The Labute approximate surface area is 516 Å². The molecule has 0 unspecified atom stereocenters. The van der Waals surface area contributed by atoms with Gasteiger partial charge in [-0.2, -0.15) is 0 Å². The Hall–Kier alpha value is -11.8. The number of benzene rings is 12. The molecule has 0 fully saturated rings. The molecule has 0 spiro atoms. The number of nitrogens with zero attached hydrogens (tertiary/aromatic N) is 8. The molecule has 2 aliphatic heterocycles. The molecule has 89 heavy (non-hydrogen) atoms. The third-order valence-corrected chi connectivity index (χ3v) is 17.5. The van der Waals surface area contributed by atoms with Gasteiger partial charge in [0.15, 0.2) is 23.3 Å². The van der Waals surface area contributed by atoms with Crippen molar-refractivity contribution in [2.24, 2.45) is 0 Å². The first-order valence-electron chi connectivity index (χ1n) is 30.2. The lowest BCUT2D eigenvalue weighted by atomic mass is 9.33. The molecule has 3 aromatic heterocycles. The van der Waals surface area contributed by atoms with Crippen LogP contribution in [0.3, 0.4) is 0 Å². The highest BCUT2D eigenvalue weighted by Crippen LogP contribution is 2.48. The van der Waals surface area contributed by atoms with Crippen molar-refractivity contribution in [1.29, 1.82) is 0 Å². The molecule has 12 aromatic carbocycles. The van der Waals surface area contributed by atoms with Gasteiger partial charge in [0.05, 0.1) is 33.8 Å². The minimum absolute atomic E-state index is 0.0214. The zero-order chi connectivity index (χ0) is 58.9. The summed E-state index contributed by atoms with van der Waals surface area (Å²) in [6, 6.07) is 108. The van der Waals surface area contributed by atoms with Crippen molar-refractivity contribution < 1.29 is 0 Å². The fraction of sp³-hybridized carbons (Fsp3) is 0.0125. The lowest BCUT2D eigenvalue weighted by Crippen LogP contribution is -2.61. The minimum Gasteiger partial charge on any atom is -0.311 e. The predicted octanol–water partition coefficient (Wildman–Crippen LogP) is 17.8. The molecule has 0 radical (unpaired) electrons. The Morgan fingerprint density at radius 2 is 0.764 bits per heavy atom. The van der Waals surface area contributed by atoms with E-state index in [0.717, 1.165) is 106 Å². The van der Waals surface area contributed by atoms with E-state index in [2.05, 4.69) is 270 Å². The number of hydrogen-bond donors (Lipinski definition) is 0. The van der Waals surface area contributed by atoms with Crippen LogP contribution in [0, 0.1) is 6.92 Å². The van der Waals surface area contributed by atoms with Crippen LogP contribution in [-0.4, -0.2) is 36.2 Å². The second-order valence-electron chi connectivity index (χ2n) is 22.8. The van der Waals surface area contributed by atoms with Gasteiger partial charge in [-0.1, -0.05) is 224 Å². The van der Waals surface area contributed by atoms with Crippen molar-refractivity contribution in [3.8, 4) is 84.9 Å². The summed E-state index contributed by atoms with van der Waals surface area (Å²) < 4.78 is 2.35. The Morgan fingerprint density at radius 1 is 0.292 bits per heavy atom. The first-order chi connectivity index (χ1) is 44.1. The van der Waals surface area contributed by atoms with E-state index in [0.29, 0.717) is 23.3 Å². The maximum Gasteiger partial charge on any atom is 0.252 e. The average Bonchev–Trinajstić information content (AvgIpc) is 1.22. The lowest BCUT2D eigenvalue weighted by molar-refractivity contribution is 1.06. The van der Waals surface area contributed by atoms with E-state index in [4.69, 9.17) is 24.9 Å². The van der Waals surface area contributed by atoms with E-state index in [1.54, 1.807) is 0 Å². The van der Waals surface area contributed by atoms with Crippen LogP contribution < -0.4 is 26.2 Å². The van der Waals surface area contributed by atoms with Crippen molar-refractivity contribution >= 4 is 79.0 Å². The zero-order valence-corrected chi connectivity index (χ0v) is 48.5. The largest absolute Gasteiger partial charge is 0.311 e. The van der Waals surface area contributed by atoms with Gasteiger partial charge in [0, 0.05) is 78.2 Å². The molecule has 0 amide bonds. The number of fused-ring (bicyclic) bond motifs is 7. The quantitative estimate of drug-likeness (QED) is 0.126. The summed E-state index contributed by atoms with van der Waals surface area (Å²) in [5, 5.41) is 2.33. The fourth-order valence-electron chi connectivity index (χ4n) is 13.5. The third kappa shape index (κ3) is 8.81. The molecule has 0 bridgehead atoms. The molecule has 416 valence electrons. The molecule has 17 rings (SSSR count). The van der Waals surface area contributed by atoms with Crippen molar-refractivity contribution in [3.05, 3.63) is 309 Å². The molecule has 0 saturated heterocycles. The van der Waals surface area contributed by atoms with Crippen LogP contribution in [0.25, 0.3) is 107 Å². The smallest absolute Gasteiger partial charge is 0.252 e. The molecule has 2 aliphatic rings. The van der Waals surface area contributed by atoms with Crippen LogP contribution in [0.1, 0.15) is 5.56 Å². The number of para-hydroxylation sites is 5. The summed E-state index contributed by atoms with van der Waals surface area (Å²) in [6.45, 7) is 2.13. The van der Waals surface area contributed by atoms with Crippen LogP contribution in [0.4, 0.5) is 34.1 Å². The Kier molecular flexibility index (Phi) is 12.4. The van der Waals surface area contributed by atoms with E-state index in [-0.39, 0.29) is 6.71 Å². The Balaban J connectivity index is 0.870. The maximum atomic E-state index is 5.57. The van der Waals surface area contributed by atoms with Gasteiger partial charge in [0.1, 0.15) is 0 Å². The van der Waals surface area contributed by atoms with Crippen LogP contribution in [0.2, 0.25) is 0 Å². The van der Waals surface area contributed by atoms with Gasteiger partial charge in [-0.05, 0) is 114 Å². The van der Waals surface area contributed by atoms with Crippen LogP contribution in [0.15, 0.2) is 303 Å². The van der Waals surface area contributed by atoms with E-state index in [1.807, 2.05) is 54.6 Å². The maximum absolute atomic E-state index is 5.57. The summed E-state index contributed by atoms with van der Waals surface area (Å²) in [6.07, 6.45) is 0. The van der Waals surface area contributed by atoms with Crippen molar-refractivity contribution in [2.45, 2.75) is 6.92 Å². The zero-order valence-electron chi connectivity index (χ0n) is 48.5. The van der Waals surface area contributed by atoms with E-state index in [9.17, 15) is 0 Å². The molecule has 0 aliphatic carbocycles. The lowest BCUT2D eigenvalue weighted by Gasteiger charge is -2.45. The first-order valence-corrected chi connectivity index (χ1v) is 30.2. The summed E-state index contributed by atoms with van der Waals surface area (Å²) >= 11 is 0. The summed E-state index contributed by atoms with van der Waals surface area (Å²) in [7, 11) is 0. The SMILES string of the molecule is Cc1ccc2c(c1)c1ccccc1n2-c1ccc(-c2nc(-c3ccccc3)cc(-c3ccccc3)n2)cc1-c1nc(-c2ccccc2)nc(-c2ccc(-c3ccc4c5c3N(c3ccccc3)c3ccccc3B5c3ccccc3N4c3ccccc3)cc2)n1. The standard InChI is InChI=1S/C80H53BN8/c1-52-39-46-70-63(49-52)62-33-17-20-36-69(62)89(70)71-47-44-58(79-82-67(54-23-7-2-8-24-54)51-68(83-79)55-25-9-3-10-26-55)50-64(71)80-85-77(56-27-11-4-12-28-56)84-78(86-80)57-42-40-53(41-43-57)61-45-48-74-75-76(61)88(60-31-15-6-16-32-60)73-38-22-19-35-66(73)81(75)65-34-18-21-37-72(65)87(74)59-29-13-5-14-30-59/h2-51H,1H3. The molecule has 9 heteroatoms. The molecule has 5 heterocycles. The topological polar surface area (TPSA) is 75.9 Å².